The summed E-state index contributed by atoms with van der Waals surface area (Å²) in [4.78, 5) is 25.3. The monoisotopic (exact) mass is 398 g/mol. The summed E-state index contributed by atoms with van der Waals surface area (Å²) in [6.45, 7) is 1.88. The number of thiophene rings is 1. The van der Waals surface area contributed by atoms with E-state index < -0.39 is 5.79 Å². The lowest BCUT2D eigenvalue weighted by molar-refractivity contribution is -0.117. The van der Waals surface area contributed by atoms with Crippen LogP contribution in [0.5, 0.6) is 11.5 Å². The van der Waals surface area contributed by atoms with Crippen molar-refractivity contribution in [1.29, 1.82) is 0 Å². The lowest BCUT2D eigenvalue weighted by Gasteiger charge is -2.21. The smallest absolute Gasteiger partial charge is 0.266 e. The van der Waals surface area contributed by atoms with E-state index in [1.54, 1.807) is 0 Å². The van der Waals surface area contributed by atoms with E-state index in [1.807, 2.05) is 31.2 Å². The van der Waals surface area contributed by atoms with E-state index in [4.69, 9.17) is 9.47 Å². The topological polar surface area (TPSA) is 76.7 Å². The molecule has 28 heavy (non-hydrogen) atoms. The second-order valence-corrected chi connectivity index (χ2v) is 8.88. The quantitative estimate of drug-likeness (QED) is 0.783. The predicted molar refractivity (Wildman–Crippen MR) is 107 cm³/mol. The highest BCUT2D eigenvalue weighted by atomic mass is 32.1. The number of hydrogen-bond donors (Lipinski definition) is 2. The molecule has 1 spiro atoms. The molecule has 0 atom stereocenters. The van der Waals surface area contributed by atoms with E-state index in [0.29, 0.717) is 21.3 Å². The molecule has 2 aromatic rings. The van der Waals surface area contributed by atoms with E-state index in [2.05, 4.69) is 10.6 Å². The van der Waals surface area contributed by atoms with E-state index >= 15 is 0 Å². The normalized spacial score (nSPS) is 19.0. The van der Waals surface area contributed by atoms with Gasteiger partial charge in [-0.15, -0.1) is 11.3 Å². The molecule has 1 aliphatic heterocycles. The van der Waals surface area contributed by atoms with Gasteiger partial charge in [0.25, 0.3) is 11.7 Å². The zero-order valence-corrected chi connectivity index (χ0v) is 16.5. The van der Waals surface area contributed by atoms with Gasteiger partial charge >= 0.3 is 0 Å². The van der Waals surface area contributed by atoms with Crippen LogP contribution in [0.2, 0.25) is 0 Å². The van der Waals surface area contributed by atoms with E-state index in [9.17, 15) is 9.59 Å². The first kappa shape index (κ1) is 17.6. The average Bonchev–Trinajstić information content (AvgIpc) is 3.18. The van der Waals surface area contributed by atoms with Gasteiger partial charge in [0.15, 0.2) is 11.5 Å². The molecule has 0 unspecified atom stereocenters. The summed E-state index contributed by atoms with van der Waals surface area (Å²) in [6, 6.07) is 7.34. The first-order valence-corrected chi connectivity index (χ1v) is 10.6. The van der Waals surface area contributed by atoms with Gasteiger partial charge in [-0.25, -0.2) is 0 Å². The van der Waals surface area contributed by atoms with Crippen molar-refractivity contribution < 1.29 is 19.1 Å². The van der Waals surface area contributed by atoms with E-state index in [-0.39, 0.29) is 17.7 Å². The fourth-order valence-electron chi connectivity index (χ4n) is 3.82. The maximum atomic E-state index is 12.7. The Hall–Kier alpha value is -2.54. The van der Waals surface area contributed by atoms with Gasteiger partial charge in [0.05, 0.1) is 9.88 Å². The Balaban J connectivity index is 1.29. The molecular weight excluding hydrogens is 376 g/mol. The van der Waals surface area contributed by atoms with Crippen LogP contribution in [0.1, 0.15) is 53.8 Å². The molecule has 2 N–H and O–H groups in total. The van der Waals surface area contributed by atoms with Crippen molar-refractivity contribution in [3.8, 4) is 11.5 Å². The van der Waals surface area contributed by atoms with Gasteiger partial charge in [0.2, 0.25) is 5.91 Å². The number of fused-ring (bicyclic) bond motifs is 1. The van der Waals surface area contributed by atoms with E-state index in [1.165, 1.54) is 11.3 Å². The predicted octanol–water partition coefficient (Wildman–Crippen LogP) is 4.70. The summed E-state index contributed by atoms with van der Waals surface area (Å²) in [7, 11) is 0. The van der Waals surface area contributed by atoms with Crippen LogP contribution in [0.25, 0.3) is 0 Å². The fourth-order valence-corrected chi connectivity index (χ4v) is 4.79. The number of benzene rings is 1. The summed E-state index contributed by atoms with van der Waals surface area (Å²) in [6.07, 6.45) is 5.91. The van der Waals surface area contributed by atoms with Crippen molar-refractivity contribution in [3.05, 3.63) is 34.7 Å². The molecule has 0 bridgehead atoms. The van der Waals surface area contributed by atoms with Crippen LogP contribution in [-0.2, 0) is 4.79 Å². The Bertz CT molecular complexity index is 957. The van der Waals surface area contributed by atoms with Gasteiger partial charge in [0, 0.05) is 30.5 Å². The first-order valence-electron chi connectivity index (χ1n) is 9.76. The van der Waals surface area contributed by atoms with E-state index in [0.717, 1.165) is 49.8 Å². The molecule has 2 fully saturated rings. The zero-order valence-electron chi connectivity index (χ0n) is 15.7. The zero-order chi connectivity index (χ0) is 19.3. The van der Waals surface area contributed by atoms with Crippen molar-refractivity contribution in [2.75, 3.05) is 10.6 Å². The first-order chi connectivity index (χ1) is 13.5. The van der Waals surface area contributed by atoms with Crippen molar-refractivity contribution in [1.82, 2.24) is 0 Å². The number of nitrogens with one attached hydrogen (secondary N) is 2. The Labute approximate surface area is 167 Å². The Morgan fingerprint density at radius 1 is 1.07 bits per heavy atom. The second-order valence-electron chi connectivity index (χ2n) is 7.82. The third-order valence-electron chi connectivity index (χ3n) is 5.48. The maximum Gasteiger partial charge on any atom is 0.266 e. The molecule has 6 nitrogen and oxygen atoms in total. The van der Waals surface area contributed by atoms with Crippen molar-refractivity contribution in [2.24, 2.45) is 5.92 Å². The molecule has 0 radical (unpaired) electrons. The summed E-state index contributed by atoms with van der Waals surface area (Å²) in [5.41, 5.74) is 1.51. The Morgan fingerprint density at radius 2 is 1.82 bits per heavy atom. The van der Waals surface area contributed by atoms with Gasteiger partial charge in [-0.3, -0.25) is 9.59 Å². The molecule has 5 rings (SSSR count). The minimum atomic E-state index is -0.510. The molecule has 2 amide bonds. The lowest BCUT2D eigenvalue weighted by Crippen LogP contribution is -2.34. The van der Waals surface area contributed by atoms with Crippen molar-refractivity contribution in [3.63, 3.8) is 0 Å². The van der Waals surface area contributed by atoms with Crippen LogP contribution in [0.3, 0.4) is 0 Å². The van der Waals surface area contributed by atoms with Crippen LogP contribution in [0.15, 0.2) is 24.3 Å². The van der Waals surface area contributed by atoms with Crippen LogP contribution >= 0.6 is 11.3 Å². The van der Waals surface area contributed by atoms with Crippen molar-refractivity contribution in [2.45, 2.75) is 51.2 Å². The van der Waals surface area contributed by atoms with Crippen LogP contribution in [-0.4, -0.2) is 17.6 Å². The van der Waals surface area contributed by atoms with Crippen LogP contribution in [0.4, 0.5) is 10.7 Å². The SMILES string of the molecule is Cc1cc(NC(=O)C2CC2)sc1C(=O)Nc1ccc2c(c1)OC1(CCCC1)O2. The maximum absolute atomic E-state index is 12.7. The number of aryl methyl sites for hydroxylation is 1. The molecule has 1 aromatic carbocycles. The minimum Gasteiger partial charge on any atom is -0.448 e. The summed E-state index contributed by atoms with van der Waals surface area (Å²) in [5.74, 6) is 0.895. The molecular formula is C21H22N2O4S. The number of amides is 2. The van der Waals surface area contributed by atoms with Gasteiger partial charge in [-0.1, -0.05) is 0 Å². The molecule has 7 heteroatoms. The third-order valence-corrected chi connectivity index (χ3v) is 6.63. The van der Waals surface area contributed by atoms with Gasteiger partial charge in [-0.2, -0.15) is 0 Å². The molecule has 0 saturated heterocycles. The number of rotatable bonds is 4. The second kappa shape index (κ2) is 6.51. The van der Waals surface area contributed by atoms with Gasteiger partial charge in [0.1, 0.15) is 0 Å². The largest absolute Gasteiger partial charge is 0.448 e. The summed E-state index contributed by atoms with van der Waals surface area (Å²) >= 11 is 1.30. The van der Waals surface area contributed by atoms with Crippen molar-refractivity contribution >= 4 is 33.8 Å². The standard InChI is InChI=1S/C21H22N2O4S/c1-12-10-17(23-19(24)13-4-5-13)28-18(12)20(25)22-14-6-7-15-16(11-14)27-21(26-15)8-2-3-9-21/h6-7,10-11,13H,2-5,8-9H2,1H3,(H,22,25)(H,23,24). The minimum absolute atomic E-state index is 0.0461. The Morgan fingerprint density at radius 3 is 2.57 bits per heavy atom. The van der Waals surface area contributed by atoms with Crippen LogP contribution in [0, 0.1) is 12.8 Å². The average molecular weight is 398 g/mol. The molecule has 2 saturated carbocycles. The highest BCUT2D eigenvalue weighted by molar-refractivity contribution is 7.18. The fraction of sp³-hybridized carbons (Fsp3) is 0.429. The summed E-state index contributed by atoms with van der Waals surface area (Å²) in [5, 5.41) is 6.56. The highest BCUT2D eigenvalue weighted by Gasteiger charge is 2.44. The molecule has 1 aromatic heterocycles. The van der Waals surface area contributed by atoms with Gasteiger partial charge < -0.3 is 20.1 Å². The van der Waals surface area contributed by atoms with Gasteiger partial charge in [-0.05, 0) is 56.4 Å². The number of carbonyl (C=O) groups excluding carboxylic acids is 2. The summed E-state index contributed by atoms with van der Waals surface area (Å²) < 4.78 is 12.1. The third kappa shape index (κ3) is 3.24. The number of hydrogen-bond acceptors (Lipinski definition) is 5. The lowest BCUT2D eigenvalue weighted by atomic mass is 10.2. The molecule has 2 aliphatic carbocycles. The number of carbonyl (C=O) groups is 2. The van der Waals surface area contributed by atoms with Crippen LogP contribution < -0.4 is 20.1 Å². The highest BCUT2D eigenvalue weighted by Crippen LogP contribution is 2.47. The number of ether oxygens (including phenoxy) is 2. The molecule has 146 valence electrons. The number of anilines is 2. The molecule has 2 heterocycles. The Kier molecular flexibility index (Phi) is 4.08. The molecule has 3 aliphatic rings.